The predicted octanol–water partition coefficient (Wildman–Crippen LogP) is 2.77. The maximum Gasteiger partial charge on any atom is 0.243 e. The van der Waals surface area contributed by atoms with Crippen molar-refractivity contribution in [2.45, 2.75) is 25.7 Å². The van der Waals surface area contributed by atoms with Crippen molar-refractivity contribution in [1.29, 1.82) is 0 Å². The minimum atomic E-state index is -3.78. The molecule has 0 unspecified atom stereocenters. The number of ketones is 1. The molecule has 2 aromatic rings. The maximum absolute atomic E-state index is 12.7. The Labute approximate surface area is 153 Å². The Bertz CT molecular complexity index is 952. The zero-order chi connectivity index (χ0) is 19.5. The third-order valence-electron chi connectivity index (χ3n) is 3.95. The highest BCUT2D eigenvalue weighted by Crippen LogP contribution is 2.20. The van der Waals surface area contributed by atoms with Gasteiger partial charge in [-0.1, -0.05) is 24.3 Å². The number of rotatable bonds is 6. The van der Waals surface area contributed by atoms with Crippen LogP contribution in [0.15, 0.2) is 47.4 Å². The lowest BCUT2D eigenvalue weighted by Gasteiger charge is -2.18. The van der Waals surface area contributed by atoms with Crippen molar-refractivity contribution in [2.24, 2.45) is 0 Å². The van der Waals surface area contributed by atoms with Gasteiger partial charge in [0.2, 0.25) is 15.9 Å². The number of hydrogen-bond acceptors (Lipinski definition) is 4. The lowest BCUT2D eigenvalue weighted by molar-refractivity contribution is -0.116. The minimum absolute atomic E-state index is 0.115. The zero-order valence-electron chi connectivity index (χ0n) is 15.2. The maximum atomic E-state index is 12.7. The Morgan fingerprint density at radius 2 is 1.77 bits per heavy atom. The van der Waals surface area contributed by atoms with Crippen molar-refractivity contribution in [1.82, 2.24) is 4.31 Å². The number of sulfonamides is 1. The molecular weight excluding hydrogens is 352 g/mol. The van der Waals surface area contributed by atoms with E-state index in [9.17, 15) is 18.0 Å². The van der Waals surface area contributed by atoms with Crippen LogP contribution in [-0.4, -0.2) is 38.0 Å². The van der Waals surface area contributed by atoms with Crippen LogP contribution in [0.3, 0.4) is 0 Å². The van der Waals surface area contributed by atoms with Crippen molar-refractivity contribution in [3.63, 3.8) is 0 Å². The quantitative estimate of drug-likeness (QED) is 0.788. The molecule has 1 N–H and O–H groups in total. The van der Waals surface area contributed by atoms with Gasteiger partial charge < -0.3 is 5.32 Å². The summed E-state index contributed by atoms with van der Waals surface area (Å²) >= 11 is 0. The van der Waals surface area contributed by atoms with E-state index in [2.05, 4.69) is 5.32 Å². The number of nitrogens with zero attached hydrogens (tertiary/aromatic N) is 1. The fourth-order valence-corrected chi connectivity index (χ4v) is 3.89. The minimum Gasteiger partial charge on any atom is -0.325 e. The molecule has 0 aliphatic heterocycles. The van der Waals surface area contributed by atoms with E-state index < -0.39 is 15.9 Å². The topological polar surface area (TPSA) is 83.6 Å². The molecule has 2 rings (SSSR count). The average molecular weight is 374 g/mol. The molecule has 0 radical (unpaired) electrons. The first kappa shape index (κ1) is 19.8. The Kier molecular flexibility index (Phi) is 5.94. The molecule has 26 heavy (non-hydrogen) atoms. The molecule has 1 amide bonds. The monoisotopic (exact) mass is 374 g/mol. The van der Waals surface area contributed by atoms with E-state index >= 15 is 0 Å². The third kappa shape index (κ3) is 4.56. The van der Waals surface area contributed by atoms with Gasteiger partial charge >= 0.3 is 0 Å². The number of hydrogen-bond donors (Lipinski definition) is 1. The highest BCUT2D eigenvalue weighted by Gasteiger charge is 2.24. The fourth-order valence-electron chi connectivity index (χ4n) is 2.46. The van der Waals surface area contributed by atoms with Gasteiger partial charge in [-0.3, -0.25) is 9.59 Å². The first-order chi connectivity index (χ1) is 12.1. The molecule has 0 heterocycles. The number of amides is 1. The normalized spacial score (nSPS) is 11.4. The van der Waals surface area contributed by atoms with E-state index in [0.29, 0.717) is 16.8 Å². The van der Waals surface area contributed by atoms with Crippen LogP contribution in [0.25, 0.3) is 0 Å². The first-order valence-electron chi connectivity index (χ1n) is 8.05. The summed E-state index contributed by atoms with van der Waals surface area (Å²) in [5.74, 6) is -0.599. The number of benzene rings is 2. The lowest BCUT2D eigenvalue weighted by Crippen LogP contribution is -2.35. The van der Waals surface area contributed by atoms with Gasteiger partial charge in [0, 0.05) is 18.3 Å². The highest BCUT2D eigenvalue weighted by atomic mass is 32.2. The summed E-state index contributed by atoms with van der Waals surface area (Å²) in [7, 11) is -2.42. The largest absolute Gasteiger partial charge is 0.325 e. The number of carbonyl (C=O) groups is 2. The Hall–Kier alpha value is -2.51. The van der Waals surface area contributed by atoms with E-state index in [1.54, 1.807) is 43.3 Å². The Balaban J connectivity index is 2.14. The molecule has 0 atom stereocenters. The number of aryl methyl sites for hydroxylation is 2. The second-order valence-electron chi connectivity index (χ2n) is 6.22. The number of anilines is 1. The van der Waals surface area contributed by atoms with Crippen LogP contribution in [0.2, 0.25) is 0 Å². The molecule has 0 aliphatic rings. The van der Waals surface area contributed by atoms with Gasteiger partial charge in [-0.05, 0) is 50.1 Å². The van der Waals surface area contributed by atoms with Gasteiger partial charge in [-0.2, -0.15) is 4.31 Å². The van der Waals surface area contributed by atoms with Crippen molar-refractivity contribution in [3.8, 4) is 0 Å². The highest BCUT2D eigenvalue weighted by molar-refractivity contribution is 7.89. The molecule has 0 saturated heterocycles. The Morgan fingerprint density at radius 1 is 1.08 bits per heavy atom. The number of nitrogens with one attached hydrogen (secondary N) is 1. The number of likely N-dealkylation sites (N-methyl/N-ethyl adjacent to an activating group) is 1. The average Bonchev–Trinajstić information content (AvgIpc) is 2.56. The van der Waals surface area contributed by atoms with Gasteiger partial charge in [0.25, 0.3) is 0 Å². The smallest absolute Gasteiger partial charge is 0.243 e. The van der Waals surface area contributed by atoms with E-state index in [-0.39, 0.29) is 17.2 Å². The second kappa shape index (κ2) is 7.80. The van der Waals surface area contributed by atoms with E-state index in [0.717, 1.165) is 9.87 Å². The number of carbonyl (C=O) groups excluding carboxylic acids is 2. The van der Waals surface area contributed by atoms with Gasteiger partial charge in [0.15, 0.2) is 5.78 Å². The van der Waals surface area contributed by atoms with E-state index in [1.165, 1.54) is 14.0 Å². The molecule has 0 aliphatic carbocycles. The summed E-state index contributed by atoms with van der Waals surface area (Å²) in [5, 5.41) is 2.62. The molecular formula is C19H22N2O4S. The molecule has 0 saturated carbocycles. The van der Waals surface area contributed by atoms with Gasteiger partial charge in [-0.15, -0.1) is 0 Å². The predicted molar refractivity (Wildman–Crippen MR) is 101 cm³/mol. The van der Waals surface area contributed by atoms with E-state index in [4.69, 9.17) is 0 Å². The van der Waals surface area contributed by atoms with Crippen LogP contribution in [-0.2, 0) is 14.8 Å². The van der Waals surface area contributed by atoms with Crippen molar-refractivity contribution < 1.29 is 18.0 Å². The van der Waals surface area contributed by atoms with E-state index in [1.807, 2.05) is 13.0 Å². The van der Waals surface area contributed by atoms with Gasteiger partial charge in [0.05, 0.1) is 11.4 Å². The van der Waals surface area contributed by atoms with Crippen molar-refractivity contribution in [3.05, 3.63) is 59.2 Å². The van der Waals surface area contributed by atoms with Crippen LogP contribution in [0.1, 0.15) is 28.4 Å². The Morgan fingerprint density at radius 3 is 2.42 bits per heavy atom. The van der Waals surface area contributed by atoms with Crippen molar-refractivity contribution in [2.75, 3.05) is 18.9 Å². The van der Waals surface area contributed by atoms with Crippen LogP contribution in [0.5, 0.6) is 0 Å². The molecule has 0 aromatic heterocycles. The van der Waals surface area contributed by atoms with Crippen LogP contribution in [0, 0.1) is 13.8 Å². The molecule has 6 nitrogen and oxygen atoms in total. The summed E-state index contributed by atoms with van der Waals surface area (Å²) in [6.45, 7) is 4.63. The standard InChI is InChI=1S/C19H22N2O4S/c1-13-8-9-14(2)18(10-13)26(24,25)21(4)12-19(23)20-17-7-5-6-16(11-17)15(3)22/h5-11H,12H2,1-4H3,(H,20,23). The SMILES string of the molecule is CC(=O)c1cccc(NC(=O)CN(C)S(=O)(=O)c2cc(C)ccc2C)c1. The van der Waals surface area contributed by atoms with Crippen molar-refractivity contribution >= 4 is 27.4 Å². The molecule has 0 fully saturated rings. The lowest BCUT2D eigenvalue weighted by atomic mass is 10.1. The van der Waals surface area contributed by atoms with Crippen LogP contribution < -0.4 is 5.32 Å². The molecule has 2 aromatic carbocycles. The number of Topliss-reactive ketones (excluding diaryl/α,β-unsaturated/α-hetero) is 1. The first-order valence-corrected chi connectivity index (χ1v) is 9.49. The van der Waals surface area contributed by atoms with Gasteiger partial charge in [0.1, 0.15) is 0 Å². The summed E-state index contributed by atoms with van der Waals surface area (Å²) < 4.78 is 26.5. The van der Waals surface area contributed by atoms with Gasteiger partial charge in [-0.25, -0.2) is 8.42 Å². The molecule has 0 spiro atoms. The molecule has 138 valence electrons. The van der Waals surface area contributed by atoms with Crippen LogP contribution in [0.4, 0.5) is 5.69 Å². The third-order valence-corrected chi connectivity index (χ3v) is 5.90. The summed E-state index contributed by atoms with van der Waals surface area (Å²) in [6.07, 6.45) is 0. The summed E-state index contributed by atoms with van der Waals surface area (Å²) in [4.78, 5) is 23.8. The summed E-state index contributed by atoms with van der Waals surface area (Å²) in [6, 6.07) is 11.7. The fraction of sp³-hybridized carbons (Fsp3) is 0.263. The second-order valence-corrected chi connectivity index (χ2v) is 8.23. The molecule has 7 heteroatoms. The molecule has 0 bridgehead atoms. The zero-order valence-corrected chi connectivity index (χ0v) is 16.1. The summed E-state index contributed by atoms with van der Waals surface area (Å²) in [5.41, 5.74) is 2.37. The van der Waals surface area contributed by atoms with Crippen LogP contribution >= 0.6 is 0 Å².